The highest BCUT2D eigenvalue weighted by atomic mass is 16.6. The largest absolute Gasteiger partial charge is 0.782 e. The monoisotopic (exact) mass is 147 g/mol. The van der Waals surface area contributed by atoms with Gasteiger partial charge in [0.1, 0.15) is 12.5 Å². The molecule has 0 amide bonds. The zero-order valence-electron chi connectivity index (χ0n) is 6.03. The fourth-order valence-electron chi connectivity index (χ4n) is 0.963. The van der Waals surface area contributed by atoms with E-state index >= 15 is 0 Å². The predicted octanol–water partition coefficient (Wildman–Crippen LogP) is -0.708. The van der Waals surface area contributed by atoms with Crippen LogP contribution in [0.4, 0.5) is 0 Å². The first-order valence-corrected chi connectivity index (χ1v) is 3.02. The van der Waals surface area contributed by atoms with E-state index in [0.29, 0.717) is 0 Å². The van der Waals surface area contributed by atoms with Gasteiger partial charge < -0.3 is 19.7 Å². The van der Waals surface area contributed by atoms with Gasteiger partial charge in [-0.3, -0.25) is 5.32 Å². The van der Waals surface area contributed by atoms with E-state index in [0.717, 1.165) is 5.06 Å². The molecule has 5 heteroatoms. The number of nitrogens with one attached hydrogen (secondary N) is 1. The molecular formula is C5H11N2O3-. The van der Waals surface area contributed by atoms with Crippen LogP contribution in [0.25, 0.3) is 0 Å². The minimum Gasteiger partial charge on any atom is -0.782 e. The van der Waals surface area contributed by atoms with Crippen molar-refractivity contribution in [3.05, 3.63) is 5.21 Å². The molecule has 1 heterocycles. The SMILES string of the molecule is COC1NCN([O-])C1OC. The molecule has 1 rings (SSSR count). The van der Waals surface area contributed by atoms with Crippen LogP contribution in [0.15, 0.2) is 0 Å². The molecule has 60 valence electrons. The maximum absolute atomic E-state index is 10.8. The van der Waals surface area contributed by atoms with Gasteiger partial charge in [0.05, 0.1) is 0 Å². The van der Waals surface area contributed by atoms with Gasteiger partial charge in [0.15, 0.2) is 0 Å². The van der Waals surface area contributed by atoms with Gasteiger partial charge in [-0.2, -0.15) is 0 Å². The van der Waals surface area contributed by atoms with E-state index in [9.17, 15) is 5.21 Å². The number of ether oxygens (including phenoxy) is 2. The first-order chi connectivity index (χ1) is 4.79. The lowest BCUT2D eigenvalue weighted by molar-refractivity contribution is -0.0689. The number of methoxy groups -OCH3 is 2. The van der Waals surface area contributed by atoms with Crippen LogP contribution in [-0.2, 0) is 9.47 Å². The summed E-state index contributed by atoms with van der Waals surface area (Å²) in [7, 11) is 3.01. The molecule has 1 aliphatic heterocycles. The molecule has 0 spiro atoms. The Kier molecular flexibility index (Phi) is 2.58. The second kappa shape index (κ2) is 3.27. The zero-order valence-corrected chi connectivity index (χ0v) is 6.03. The van der Waals surface area contributed by atoms with E-state index in [1.807, 2.05) is 0 Å². The van der Waals surface area contributed by atoms with Crippen LogP contribution in [0, 0.1) is 5.21 Å². The van der Waals surface area contributed by atoms with Crippen molar-refractivity contribution < 1.29 is 9.47 Å². The quantitative estimate of drug-likeness (QED) is 0.559. The molecule has 5 nitrogen and oxygen atoms in total. The lowest BCUT2D eigenvalue weighted by Crippen LogP contribution is -2.36. The summed E-state index contributed by atoms with van der Waals surface area (Å²) in [6.07, 6.45) is -0.813. The second-order valence-electron chi connectivity index (χ2n) is 2.06. The molecule has 1 fully saturated rings. The van der Waals surface area contributed by atoms with Crippen molar-refractivity contribution >= 4 is 0 Å². The Morgan fingerprint density at radius 3 is 2.60 bits per heavy atom. The van der Waals surface area contributed by atoms with Gasteiger partial charge in [-0.25, -0.2) is 0 Å². The fourth-order valence-corrected chi connectivity index (χ4v) is 0.963. The average Bonchev–Trinajstić information content (AvgIpc) is 2.30. The van der Waals surface area contributed by atoms with E-state index in [1.165, 1.54) is 14.2 Å². The fraction of sp³-hybridized carbons (Fsp3) is 1.00. The predicted molar refractivity (Wildman–Crippen MR) is 34.8 cm³/mol. The number of hydrogen-bond acceptors (Lipinski definition) is 5. The summed E-state index contributed by atoms with van der Waals surface area (Å²) in [5.74, 6) is 0. The van der Waals surface area contributed by atoms with E-state index in [4.69, 9.17) is 9.47 Å². The van der Waals surface area contributed by atoms with Gasteiger partial charge in [0, 0.05) is 20.9 Å². The molecule has 2 atom stereocenters. The van der Waals surface area contributed by atoms with Gasteiger partial charge in [-0.05, 0) is 0 Å². The molecule has 0 bridgehead atoms. The summed E-state index contributed by atoms with van der Waals surface area (Å²) in [6, 6.07) is 0. The second-order valence-corrected chi connectivity index (χ2v) is 2.06. The van der Waals surface area contributed by atoms with Crippen molar-refractivity contribution in [1.82, 2.24) is 10.4 Å². The zero-order chi connectivity index (χ0) is 7.56. The van der Waals surface area contributed by atoms with Gasteiger partial charge in [-0.15, -0.1) is 0 Å². The third-order valence-corrected chi connectivity index (χ3v) is 1.49. The Bertz CT molecular complexity index is 111. The number of rotatable bonds is 2. The summed E-state index contributed by atoms with van der Waals surface area (Å²) in [5.41, 5.74) is 0. The molecular weight excluding hydrogens is 136 g/mol. The Balaban J connectivity index is 2.45. The lowest BCUT2D eigenvalue weighted by atomic mass is 10.5. The molecule has 0 radical (unpaired) electrons. The topological polar surface area (TPSA) is 56.8 Å². The minimum absolute atomic E-state index is 0.261. The highest BCUT2D eigenvalue weighted by molar-refractivity contribution is 4.77. The first kappa shape index (κ1) is 7.90. The summed E-state index contributed by atoms with van der Waals surface area (Å²) < 4.78 is 9.76. The minimum atomic E-state index is -0.509. The number of hydroxylamine groups is 2. The van der Waals surface area contributed by atoms with Crippen molar-refractivity contribution in [2.75, 3.05) is 20.9 Å². The molecule has 0 aromatic carbocycles. The van der Waals surface area contributed by atoms with E-state index in [2.05, 4.69) is 5.32 Å². The van der Waals surface area contributed by atoms with Crippen LogP contribution in [0.1, 0.15) is 0 Å². The van der Waals surface area contributed by atoms with Crippen molar-refractivity contribution in [1.29, 1.82) is 0 Å². The highest BCUT2D eigenvalue weighted by Gasteiger charge is 2.27. The standard InChI is InChI=1S/C5H11N2O3/c1-9-4-5(10-2)7(8)3-6-4/h4-6H,3H2,1-2H3/q-1. The van der Waals surface area contributed by atoms with Crippen LogP contribution >= 0.6 is 0 Å². The van der Waals surface area contributed by atoms with E-state index in [-0.39, 0.29) is 12.9 Å². The van der Waals surface area contributed by atoms with Crippen molar-refractivity contribution in [3.8, 4) is 0 Å². The van der Waals surface area contributed by atoms with Crippen molar-refractivity contribution in [3.63, 3.8) is 0 Å². The Morgan fingerprint density at radius 2 is 2.20 bits per heavy atom. The first-order valence-electron chi connectivity index (χ1n) is 3.02. The Labute approximate surface area is 59.5 Å². The summed E-state index contributed by atoms with van der Waals surface area (Å²) in [4.78, 5) is 0. The van der Waals surface area contributed by atoms with Crippen LogP contribution in [0.3, 0.4) is 0 Å². The summed E-state index contributed by atoms with van der Waals surface area (Å²) in [6.45, 7) is 0.261. The maximum Gasteiger partial charge on any atom is 0.148 e. The third-order valence-electron chi connectivity index (χ3n) is 1.49. The normalized spacial score (nSPS) is 35.1. The lowest BCUT2D eigenvalue weighted by Gasteiger charge is -2.28. The maximum atomic E-state index is 10.8. The van der Waals surface area contributed by atoms with Gasteiger partial charge in [0.2, 0.25) is 0 Å². The molecule has 2 unspecified atom stereocenters. The number of nitrogens with zero attached hydrogens (tertiary/aromatic N) is 1. The van der Waals surface area contributed by atoms with Gasteiger partial charge >= 0.3 is 0 Å². The summed E-state index contributed by atoms with van der Waals surface area (Å²) >= 11 is 0. The van der Waals surface area contributed by atoms with Crippen LogP contribution in [0.2, 0.25) is 0 Å². The molecule has 0 aromatic heterocycles. The Morgan fingerprint density at radius 1 is 1.50 bits per heavy atom. The van der Waals surface area contributed by atoms with Crippen LogP contribution in [0.5, 0.6) is 0 Å². The molecule has 0 aliphatic carbocycles. The highest BCUT2D eigenvalue weighted by Crippen LogP contribution is 2.10. The van der Waals surface area contributed by atoms with E-state index < -0.39 is 6.23 Å². The smallest absolute Gasteiger partial charge is 0.148 e. The van der Waals surface area contributed by atoms with Gasteiger partial charge in [0.25, 0.3) is 0 Å². The number of hydrogen-bond donors (Lipinski definition) is 1. The molecule has 10 heavy (non-hydrogen) atoms. The van der Waals surface area contributed by atoms with Crippen LogP contribution in [-0.4, -0.2) is 38.4 Å². The third kappa shape index (κ3) is 1.28. The Hall–Kier alpha value is -0.200. The molecule has 1 aliphatic rings. The molecule has 1 N–H and O–H groups in total. The van der Waals surface area contributed by atoms with E-state index in [1.54, 1.807) is 0 Å². The van der Waals surface area contributed by atoms with Crippen LogP contribution < -0.4 is 5.32 Å². The van der Waals surface area contributed by atoms with Gasteiger partial charge in [-0.1, -0.05) is 0 Å². The molecule has 1 saturated heterocycles. The van der Waals surface area contributed by atoms with Crippen molar-refractivity contribution in [2.24, 2.45) is 0 Å². The molecule has 0 aromatic rings. The average molecular weight is 147 g/mol. The summed E-state index contributed by atoms with van der Waals surface area (Å²) in [5, 5.41) is 14.4. The molecule has 0 saturated carbocycles. The van der Waals surface area contributed by atoms with Crippen molar-refractivity contribution in [2.45, 2.75) is 12.5 Å².